The van der Waals surface area contributed by atoms with Gasteiger partial charge < -0.3 is 34.8 Å². The Morgan fingerprint density at radius 3 is 2.57 bits per heavy atom. The fourth-order valence-corrected chi connectivity index (χ4v) is 3.77. The van der Waals surface area contributed by atoms with Crippen LogP contribution in [0.2, 0.25) is 0 Å². The molecule has 2 atom stereocenters. The molecule has 0 bridgehead atoms. The Balaban J connectivity index is 1.39. The second-order valence-corrected chi connectivity index (χ2v) is 8.06. The summed E-state index contributed by atoms with van der Waals surface area (Å²) < 4.78 is 17.3. The fraction of sp³-hybridized carbons (Fsp3) is 0.222. The van der Waals surface area contributed by atoms with Gasteiger partial charge >= 0.3 is 0 Å². The average molecular weight is 478 g/mol. The first kappa shape index (κ1) is 24.0. The zero-order valence-electron chi connectivity index (χ0n) is 19.2. The molecule has 35 heavy (non-hydrogen) atoms. The summed E-state index contributed by atoms with van der Waals surface area (Å²) in [5.74, 6) is 1.25. The number of carbonyl (C=O) groups is 1. The SMILES string of the molecule is COc1cc([C@H]2Oc3ccc(C=CC(=O)NCCc4ccc(O)cc4)cc3O[C@@H]2CO)ccc1O. The average Bonchev–Trinajstić information content (AvgIpc) is 2.88. The van der Waals surface area contributed by atoms with Crippen LogP contribution in [-0.2, 0) is 11.2 Å². The second kappa shape index (κ2) is 10.8. The first-order chi connectivity index (χ1) is 17.0. The van der Waals surface area contributed by atoms with E-state index in [2.05, 4.69) is 5.32 Å². The molecule has 182 valence electrons. The summed E-state index contributed by atoms with van der Waals surface area (Å²) in [5.41, 5.74) is 2.45. The zero-order valence-corrected chi connectivity index (χ0v) is 19.2. The lowest BCUT2D eigenvalue weighted by atomic mass is 10.0. The number of aromatic hydroxyl groups is 2. The molecule has 4 N–H and O–H groups in total. The van der Waals surface area contributed by atoms with Gasteiger partial charge in [0.15, 0.2) is 35.2 Å². The van der Waals surface area contributed by atoms with E-state index in [-0.39, 0.29) is 24.0 Å². The molecule has 3 aromatic carbocycles. The summed E-state index contributed by atoms with van der Waals surface area (Å²) >= 11 is 0. The highest BCUT2D eigenvalue weighted by atomic mass is 16.6. The van der Waals surface area contributed by atoms with Crippen molar-refractivity contribution in [1.82, 2.24) is 5.32 Å². The van der Waals surface area contributed by atoms with Crippen molar-refractivity contribution in [1.29, 1.82) is 0 Å². The van der Waals surface area contributed by atoms with E-state index in [0.717, 1.165) is 11.1 Å². The van der Waals surface area contributed by atoms with E-state index >= 15 is 0 Å². The third kappa shape index (κ3) is 5.85. The number of phenols is 2. The molecule has 0 spiro atoms. The molecule has 0 unspecified atom stereocenters. The number of benzene rings is 3. The van der Waals surface area contributed by atoms with Crippen LogP contribution >= 0.6 is 0 Å². The van der Waals surface area contributed by atoms with Crippen LogP contribution in [0.15, 0.2) is 66.7 Å². The topological polar surface area (TPSA) is 117 Å². The molecule has 1 heterocycles. The van der Waals surface area contributed by atoms with Gasteiger partial charge in [0.2, 0.25) is 5.91 Å². The van der Waals surface area contributed by atoms with Crippen molar-refractivity contribution < 1.29 is 34.3 Å². The van der Waals surface area contributed by atoms with Crippen molar-refractivity contribution in [2.45, 2.75) is 18.6 Å². The van der Waals surface area contributed by atoms with E-state index in [1.165, 1.54) is 19.3 Å². The predicted molar refractivity (Wildman–Crippen MR) is 130 cm³/mol. The van der Waals surface area contributed by atoms with Crippen molar-refractivity contribution in [2.75, 3.05) is 20.3 Å². The van der Waals surface area contributed by atoms with E-state index in [9.17, 15) is 20.1 Å². The van der Waals surface area contributed by atoms with Gasteiger partial charge in [-0.3, -0.25) is 4.79 Å². The van der Waals surface area contributed by atoms with Crippen LogP contribution in [0, 0.1) is 0 Å². The predicted octanol–water partition coefficient (Wildman–Crippen LogP) is 3.35. The normalized spacial score (nSPS) is 16.7. The molecule has 4 rings (SSSR count). The van der Waals surface area contributed by atoms with Gasteiger partial charge in [0, 0.05) is 18.2 Å². The molecule has 3 aromatic rings. The first-order valence-corrected chi connectivity index (χ1v) is 11.2. The standard InChI is InChI=1S/C27H27NO7/c1-33-23-15-19(6-9-21(23)31)27-25(16-29)34-24-14-18(4-10-22(24)35-27)5-11-26(32)28-13-12-17-2-7-20(30)8-3-17/h2-11,14-15,25,27,29-31H,12-13,16H2,1H3,(H,28,32)/t25-,27-/m1/s1. The summed E-state index contributed by atoms with van der Waals surface area (Å²) in [6.07, 6.45) is 2.50. The van der Waals surface area contributed by atoms with Gasteiger partial charge in [-0.15, -0.1) is 0 Å². The van der Waals surface area contributed by atoms with Crippen molar-refractivity contribution >= 4 is 12.0 Å². The van der Waals surface area contributed by atoms with Crippen molar-refractivity contribution in [3.8, 4) is 28.7 Å². The molecule has 0 aromatic heterocycles. The number of methoxy groups -OCH3 is 1. The van der Waals surface area contributed by atoms with Crippen molar-refractivity contribution in [2.24, 2.45) is 0 Å². The molecule has 1 amide bonds. The van der Waals surface area contributed by atoms with E-state index in [1.54, 1.807) is 48.5 Å². The molecular weight excluding hydrogens is 450 g/mol. The molecule has 1 aliphatic rings. The second-order valence-electron chi connectivity index (χ2n) is 8.06. The molecular formula is C27H27NO7. The first-order valence-electron chi connectivity index (χ1n) is 11.2. The van der Waals surface area contributed by atoms with Gasteiger partial charge in [0.25, 0.3) is 0 Å². The summed E-state index contributed by atoms with van der Waals surface area (Å²) in [7, 11) is 1.46. The Morgan fingerprint density at radius 2 is 1.83 bits per heavy atom. The number of hydrogen-bond acceptors (Lipinski definition) is 7. The molecule has 0 aliphatic carbocycles. The van der Waals surface area contributed by atoms with E-state index in [1.807, 2.05) is 12.1 Å². The summed E-state index contributed by atoms with van der Waals surface area (Å²) in [5, 5.41) is 31.9. The number of aliphatic hydroxyl groups is 1. The van der Waals surface area contributed by atoms with E-state index < -0.39 is 12.2 Å². The number of fused-ring (bicyclic) bond motifs is 1. The third-order valence-electron chi connectivity index (χ3n) is 5.63. The van der Waals surface area contributed by atoms with E-state index in [4.69, 9.17) is 14.2 Å². The Bertz CT molecular complexity index is 1210. The summed E-state index contributed by atoms with van der Waals surface area (Å²) in [6.45, 7) is 0.188. The minimum absolute atomic E-state index is 0.00902. The third-order valence-corrected chi connectivity index (χ3v) is 5.63. The maximum atomic E-state index is 12.2. The van der Waals surface area contributed by atoms with Crippen LogP contribution < -0.4 is 19.5 Å². The zero-order chi connectivity index (χ0) is 24.8. The largest absolute Gasteiger partial charge is 0.508 e. The minimum atomic E-state index is -0.667. The van der Waals surface area contributed by atoms with Crippen LogP contribution in [0.3, 0.4) is 0 Å². The maximum absolute atomic E-state index is 12.2. The lowest BCUT2D eigenvalue weighted by molar-refractivity contribution is -0.116. The molecule has 0 saturated carbocycles. The Labute approximate surface area is 203 Å². The Hall–Kier alpha value is -4.17. The van der Waals surface area contributed by atoms with Crippen LogP contribution in [0.1, 0.15) is 22.8 Å². The molecule has 8 heteroatoms. The molecule has 0 fully saturated rings. The molecule has 1 aliphatic heterocycles. The monoisotopic (exact) mass is 477 g/mol. The number of ether oxygens (including phenoxy) is 3. The number of phenolic OH excluding ortho intramolecular Hbond substituents is 2. The lowest BCUT2D eigenvalue weighted by Gasteiger charge is -2.33. The van der Waals surface area contributed by atoms with E-state index in [0.29, 0.717) is 35.8 Å². The fourth-order valence-electron chi connectivity index (χ4n) is 3.77. The minimum Gasteiger partial charge on any atom is -0.508 e. The number of aliphatic hydroxyl groups excluding tert-OH is 1. The number of hydrogen-bond donors (Lipinski definition) is 4. The number of carbonyl (C=O) groups excluding carboxylic acids is 1. The Kier molecular flexibility index (Phi) is 7.42. The molecule has 0 radical (unpaired) electrons. The van der Waals surface area contributed by atoms with Gasteiger partial charge in [0.1, 0.15) is 5.75 Å². The number of amides is 1. The molecule has 0 saturated heterocycles. The van der Waals surface area contributed by atoms with Gasteiger partial charge in [0.05, 0.1) is 13.7 Å². The van der Waals surface area contributed by atoms with Gasteiger partial charge in [-0.1, -0.05) is 24.3 Å². The summed E-state index contributed by atoms with van der Waals surface area (Å²) in [6, 6.07) is 17.0. The van der Waals surface area contributed by atoms with Crippen LogP contribution in [0.5, 0.6) is 28.7 Å². The maximum Gasteiger partial charge on any atom is 0.244 e. The Morgan fingerprint density at radius 1 is 1.03 bits per heavy atom. The molecule has 8 nitrogen and oxygen atoms in total. The highest BCUT2D eigenvalue weighted by Gasteiger charge is 2.33. The van der Waals surface area contributed by atoms with Crippen LogP contribution in [-0.4, -0.2) is 47.6 Å². The van der Waals surface area contributed by atoms with Crippen LogP contribution in [0.4, 0.5) is 0 Å². The van der Waals surface area contributed by atoms with Gasteiger partial charge in [-0.05, 0) is 60.0 Å². The lowest BCUT2D eigenvalue weighted by Crippen LogP contribution is -2.36. The van der Waals surface area contributed by atoms with Crippen LogP contribution in [0.25, 0.3) is 6.08 Å². The number of rotatable bonds is 8. The quantitative estimate of drug-likeness (QED) is 0.368. The van der Waals surface area contributed by atoms with Crippen molar-refractivity contribution in [3.63, 3.8) is 0 Å². The highest BCUT2D eigenvalue weighted by Crippen LogP contribution is 2.41. The van der Waals surface area contributed by atoms with Gasteiger partial charge in [-0.2, -0.15) is 0 Å². The number of nitrogens with one attached hydrogen (secondary N) is 1. The smallest absolute Gasteiger partial charge is 0.244 e. The highest BCUT2D eigenvalue weighted by molar-refractivity contribution is 5.91. The van der Waals surface area contributed by atoms with Gasteiger partial charge in [-0.25, -0.2) is 0 Å². The van der Waals surface area contributed by atoms with Crippen molar-refractivity contribution in [3.05, 3.63) is 83.4 Å². The summed E-state index contributed by atoms with van der Waals surface area (Å²) in [4.78, 5) is 12.2.